The second kappa shape index (κ2) is 8.80. The van der Waals surface area contributed by atoms with Crippen LogP contribution in [0.5, 0.6) is 5.75 Å². The van der Waals surface area contributed by atoms with E-state index in [1.54, 1.807) is 42.5 Å². The van der Waals surface area contributed by atoms with Crippen molar-refractivity contribution in [1.82, 2.24) is 15.5 Å². The van der Waals surface area contributed by atoms with Gasteiger partial charge in [0.2, 0.25) is 5.82 Å². The summed E-state index contributed by atoms with van der Waals surface area (Å²) < 4.78 is 15.8. The van der Waals surface area contributed by atoms with Crippen molar-refractivity contribution in [3.63, 3.8) is 0 Å². The van der Waals surface area contributed by atoms with E-state index in [4.69, 9.17) is 13.7 Å². The highest BCUT2D eigenvalue weighted by molar-refractivity contribution is 5.89. The topological polar surface area (TPSA) is 128 Å². The predicted molar refractivity (Wildman–Crippen MR) is 110 cm³/mol. The number of carbonyl (C=O) groups excluding carboxylic acids is 1. The average molecular weight is 421 g/mol. The Kier molecular flexibility index (Phi) is 5.76. The van der Waals surface area contributed by atoms with Crippen LogP contribution in [0.15, 0.2) is 68.3 Å². The molecule has 0 saturated carbocycles. The summed E-state index contributed by atoms with van der Waals surface area (Å²) in [5, 5.41) is 17.2. The van der Waals surface area contributed by atoms with Crippen LogP contribution in [-0.4, -0.2) is 27.7 Å². The monoisotopic (exact) mass is 421 g/mol. The highest BCUT2D eigenvalue weighted by Gasteiger charge is 2.17. The first-order valence-electron chi connectivity index (χ1n) is 9.51. The van der Waals surface area contributed by atoms with Gasteiger partial charge in [-0.2, -0.15) is 4.98 Å². The standard InChI is InChI=1S/C22H19N3O6/c1-13-9-20(27)30-18-10-15(7-8-16(13)18)29-12-19-24-22(31-25-19)21(28)23-11-17(26)14-5-3-2-4-6-14/h2-10,17,26H,11-12H2,1H3,(H,23,28)/t17-/m1/s1. The van der Waals surface area contributed by atoms with Crippen LogP contribution in [0.1, 0.15) is 33.7 Å². The van der Waals surface area contributed by atoms with Crippen molar-refractivity contribution >= 4 is 16.9 Å². The minimum atomic E-state index is -0.854. The first-order valence-corrected chi connectivity index (χ1v) is 9.51. The Morgan fingerprint density at radius 2 is 2.00 bits per heavy atom. The molecular formula is C22H19N3O6. The Labute approximate surface area is 176 Å². The molecule has 9 nitrogen and oxygen atoms in total. The van der Waals surface area contributed by atoms with Gasteiger partial charge in [0.05, 0.1) is 6.10 Å². The smallest absolute Gasteiger partial charge is 0.336 e. The van der Waals surface area contributed by atoms with Crippen LogP contribution in [0, 0.1) is 6.92 Å². The molecule has 4 rings (SSSR count). The van der Waals surface area contributed by atoms with Crippen LogP contribution in [0.4, 0.5) is 0 Å². The third-order valence-corrected chi connectivity index (χ3v) is 4.59. The molecule has 2 aromatic carbocycles. The minimum absolute atomic E-state index is 0.00122. The number of rotatable bonds is 7. The highest BCUT2D eigenvalue weighted by Crippen LogP contribution is 2.22. The van der Waals surface area contributed by atoms with Gasteiger partial charge in [-0.15, -0.1) is 0 Å². The molecule has 0 unspecified atom stereocenters. The van der Waals surface area contributed by atoms with E-state index in [0.29, 0.717) is 16.9 Å². The molecule has 1 amide bonds. The van der Waals surface area contributed by atoms with Crippen LogP contribution < -0.4 is 15.7 Å². The van der Waals surface area contributed by atoms with Gasteiger partial charge in [0.1, 0.15) is 11.3 Å². The second-order valence-corrected chi connectivity index (χ2v) is 6.85. The molecular weight excluding hydrogens is 402 g/mol. The van der Waals surface area contributed by atoms with Crippen LogP contribution in [0.3, 0.4) is 0 Å². The molecule has 0 saturated heterocycles. The molecule has 1 atom stereocenters. The fourth-order valence-corrected chi connectivity index (χ4v) is 3.01. The van der Waals surface area contributed by atoms with Gasteiger partial charge in [-0.3, -0.25) is 4.79 Å². The van der Waals surface area contributed by atoms with E-state index in [1.165, 1.54) is 6.07 Å². The maximum atomic E-state index is 12.2. The second-order valence-electron chi connectivity index (χ2n) is 6.85. The summed E-state index contributed by atoms with van der Waals surface area (Å²) in [4.78, 5) is 27.7. The zero-order valence-corrected chi connectivity index (χ0v) is 16.6. The number of fused-ring (bicyclic) bond motifs is 1. The van der Waals surface area contributed by atoms with Crippen molar-refractivity contribution in [3.05, 3.63) is 87.9 Å². The van der Waals surface area contributed by atoms with Crippen molar-refractivity contribution in [2.75, 3.05) is 6.54 Å². The number of aryl methyl sites for hydroxylation is 1. The normalized spacial score (nSPS) is 11.9. The molecule has 31 heavy (non-hydrogen) atoms. The Balaban J connectivity index is 1.35. The van der Waals surface area contributed by atoms with Gasteiger partial charge in [0.25, 0.3) is 0 Å². The van der Waals surface area contributed by atoms with Crippen LogP contribution in [-0.2, 0) is 6.61 Å². The molecule has 0 radical (unpaired) electrons. The molecule has 4 aromatic rings. The van der Waals surface area contributed by atoms with E-state index in [-0.39, 0.29) is 24.9 Å². The lowest BCUT2D eigenvalue weighted by atomic mass is 10.1. The third-order valence-electron chi connectivity index (χ3n) is 4.59. The first-order chi connectivity index (χ1) is 15.0. The van der Waals surface area contributed by atoms with Crippen molar-refractivity contribution < 1.29 is 23.6 Å². The summed E-state index contributed by atoms with van der Waals surface area (Å²) in [6.07, 6.45) is -0.854. The van der Waals surface area contributed by atoms with Gasteiger partial charge >= 0.3 is 17.4 Å². The summed E-state index contributed by atoms with van der Waals surface area (Å²) in [5.74, 6) is -0.224. The van der Waals surface area contributed by atoms with Crippen molar-refractivity contribution in [2.45, 2.75) is 19.6 Å². The van der Waals surface area contributed by atoms with Gasteiger partial charge < -0.3 is 24.1 Å². The minimum Gasteiger partial charge on any atom is -0.485 e. The van der Waals surface area contributed by atoms with Gasteiger partial charge in [-0.1, -0.05) is 35.5 Å². The number of nitrogens with one attached hydrogen (secondary N) is 1. The molecule has 9 heteroatoms. The number of aromatic nitrogens is 2. The van der Waals surface area contributed by atoms with E-state index in [9.17, 15) is 14.7 Å². The number of amides is 1. The molecule has 0 aliphatic carbocycles. The number of hydrogen-bond acceptors (Lipinski definition) is 8. The van der Waals surface area contributed by atoms with Crippen LogP contribution in [0.2, 0.25) is 0 Å². The lowest BCUT2D eigenvalue weighted by molar-refractivity contribution is 0.0873. The van der Waals surface area contributed by atoms with E-state index >= 15 is 0 Å². The Morgan fingerprint density at radius 1 is 1.19 bits per heavy atom. The number of aliphatic hydroxyl groups excluding tert-OH is 1. The van der Waals surface area contributed by atoms with Crippen molar-refractivity contribution in [2.24, 2.45) is 0 Å². The molecule has 2 N–H and O–H groups in total. The largest absolute Gasteiger partial charge is 0.485 e. The number of ether oxygens (including phenoxy) is 1. The van der Waals surface area contributed by atoms with Gasteiger partial charge in [0, 0.05) is 24.1 Å². The molecule has 0 aliphatic rings. The maximum absolute atomic E-state index is 12.2. The zero-order chi connectivity index (χ0) is 21.8. The fourth-order valence-electron chi connectivity index (χ4n) is 3.01. The average Bonchev–Trinajstić information content (AvgIpc) is 3.25. The number of benzene rings is 2. The zero-order valence-electron chi connectivity index (χ0n) is 16.6. The Morgan fingerprint density at radius 3 is 2.81 bits per heavy atom. The Bertz CT molecular complexity index is 1270. The van der Waals surface area contributed by atoms with Crippen molar-refractivity contribution in [1.29, 1.82) is 0 Å². The summed E-state index contributed by atoms with van der Waals surface area (Å²) in [6, 6.07) is 15.5. The van der Waals surface area contributed by atoms with Gasteiger partial charge in [-0.05, 0) is 30.2 Å². The maximum Gasteiger partial charge on any atom is 0.336 e. The number of aliphatic hydroxyl groups is 1. The van der Waals surface area contributed by atoms with Gasteiger partial charge in [0.15, 0.2) is 6.61 Å². The van der Waals surface area contributed by atoms with E-state index in [2.05, 4.69) is 15.5 Å². The number of nitrogens with zero attached hydrogens (tertiary/aromatic N) is 2. The quantitative estimate of drug-likeness (QED) is 0.436. The van der Waals surface area contributed by atoms with Crippen LogP contribution in [0.25, 0.3) is 11.0 Å². The summed E-state index contributed by atoms with van der Waals surface area (Å²) >= 11 is 0. The summed E-state index contributed by atoms with van der Waals surface area (Å²) in [7, 11) is 0. The lowest BCUT2D eigenvalue weighted by Gasteiger charge is -2.10. The van der Waals surface area contributed by atoms with Crippen molar-refractivity contribution in [3.8, 4) is 5.75 Å². The van der Waals surface area contributed by atoms with E-state index in [0.717, 1.165) is 10.9 Å². The molecule has 2 heterocycles. The van der Waals surface area contributed by atoms with E-state index in [1.807, 2.05) is 13.0 Å². The fraction of sp³-hybridized carbons (Fsp3) is 0.182. The van der Waals surface area contributed by atoms with Gasteiger partial charge in [-0.25, -0.2) is 4.79 Å². The SMILES string of the molecule is Cc1cc(=O)oc2cc(OCc3noc(C(=O)NC[C@@H](O)c4ccccc4)n3)ccc12. The van der Waals surface area contributed by atoms with E-state index < -0.39 is 17.6 Å². The first kappa shape index (κ1) is 20.3. The molecule has 158 valence electrons. The molecule has 0 spiro atoms. The van der Waals surface area contributed by atoms with Crippen LogP contribution >= 0.6 is 0 Å². The number of hydrogen-bond donors (Lipinski definition) is 2. The molecule has 0 aliphatic heterocycles. The molecule has 0 fully saturated rings. The lowest BCUT2D eigenvalue weighted by Crippen LogP contribution is -2.28. The number of carbonyl (C=O) groups is 1. The molecule has 2 aromatic heterocycles. The highest BCUT2D eigenvalue weighted by atomic mass is 16.5. The predicted octanol–water partition coefficient (Wildman–Crippen LogP) is 2.53. The molecule has 0 bridgehead atoms. The summed E-state index contributed by atoms with van der Waals surface area (Å²) in [5.41, 5.74) is 1.47. The Hall–Kier alpha value is -3.98. The summed E-state index contributed by atoms with van der Waals surface area (Å²) in [6.45, 7) is 1.77. The third kappa shape index (κ3) is 4.78.